The zero-order valence-electron chi connectivity index (χ0n) is 3.75. The van der Waals surface area contributed by atoms with Gasteiger partial charge < -0.3 is 0 Å². The van der Waals surface area contributed by atoms with E-state index in [4.69, 9.17) is 0 Å². The Morgan fingerprint density at radius 3 is 2.00 bits per heavy atom. The second-order valence-electron chi connectivity index (χ2n) is 1.06. The average Bonchev–Trinajstić information content (AvgIpc) is 1.30. The molecule has 1 nitrogen and oxygen atoms in total. The van der Waals surface area contributed by atoms with Gasteiger partial charge in [0.25, 0.3) is 0 Å². The van der Waals surface area contributed by atoms with Crippen molar-refractivity contribution in [3.8, 4) is 0 Å². The molecular formula is C3H5F3O. The van der Waals surface area contributed by atoms with Gasteiger partial charge >= 0.3 is 6.11 Å². The van der Waals surface area contributed by atoms with Gasteiger partial charge in [-0.05, 0) is 0 Å². The maximum absolute atomic E-state index is 11.3. The Balaban J connectivity index is 3.15. The first kappa shape index (κ1) is 6.75. The number of hydrogen-bond acceptors (Lipinski definition) is 1. The normalized spacial score (nSPS) is 12.0. The minimum absolute atomic E-state index is 0.479. The molecule has 7 heavy (non-hydrogen) atoms. The van der Waals surface area contributed by atoms with Crippen molar-refractivity contribution in [3.05, 3.63) is 0 Å². The first-order chi connectivity index (χ1) is 3.06. The van der Waals surface area contributed by atoms with Crippen molar-refractivity contribution < 1.29 is 17.9 Å². The Labute approximate surface area is 39.1 Å². The number of hydrogen-bond donors (Lipinski definition) is 0. The Morgan fingerprint density at radius 1 is 1.57 bits per heavy atom. The highest BCUT2D eigenvalue weighted by Gasteiger charge is 2.20. The van der Waals surface area contributed by atoms with E-state index in [1.54, 1.807) is 0 Å². The van der Waals surface area contributed by atoms with Crippen molar-refractivity contribution in [3.63, 3.8) is 0 Å². The summed E-state index contributed by atoms with van der Waals surface area (Å²) in [5, 5.41) is 0. The number of alkyl halides is 3. The molecule has 0 fully saturated rings. The number of halogens is 3. The zero-order chi connectivity index (χ0) is 5.91. The van der Waals surface area contributed by atoms with E-state index >= 15 is 0 Å². The smallest absolute Gasteiger partial charge is 0.289 e. The summed E-state index contributed by atoms with van der Waals surface area (Å²) in [5.41, 5.74) is 0. The van der Waals surface area contributed by atoms with Crippen LogP contribution in [0.1, 0.15) is 6.92 Å². The molecular weight excluding hydrogens is 109 g/mol. The van der Waals surface area contributed by atoms with Crippen LogP contribution in [-0.4, -0.2) is 13.0 Å². The van der Waals surface area contributed by atoms with E-state index in [0.717, 1.165) is 0 Å². The number of ether oxygens (including phenoxy) is 1. The molecule has 0 aliphatic carbocycles. The summed E-state index contributed by atoms with van der Waals surface area (Å²) in [6, 6.07) is 0. The lowest BCUT2D eigenvalue weighted by atomic mass is 10.7. The Morgan fingerprint density at radius 2 is 2.00 bits per heavy atom. The van der Waals surface area contributed by atoms with Crippen LogP contribution in [0.4, 0.5) is 13.2 Å². The summed E-state index contributed by atoms with van der Waals surface area (Å²) in [6.45, 7) is -0.962. The van der Waals surface area contributed by atoms with Crippen LogP contribution in [0.25, 0.3) is 0 Å². The molecule has 0 saturated heterocycles. The van der Waals surface area contributed by atoms with Crippen LogP contribution in [0.5, 0.6) is 0 Å². The van der Waals surface area contributed by atoms with E-state index in [1.807, 2.05) is 0 Å². The van der Waals surface area contributed by atoms with E-state index in [2.05, 4.69) is 4.74 Å². The Bertz CT molecular complexity index is 48.6. The topological polar surface area (TPSA) is 9.23 Å². The van der Waals surface area contributed by atoms with E-state index in [1.165, 1.54) is 0 Å². The third-order valence-electron chi connectivity index (χ3n) is 0.308. The molecule has 0 heterocycles. The molecule has 0 bridgehead atoms. The highest BCUT2D eigenvalue weighted by atomic mass is 19.3. The van der Waals surface area contributed by atoms with Gasteiger partial charge in [-0.25, -0.2) is 4.39 Å². The van der Waals surface area contributed by atoms with Gasteiger partial charge in [0.1, 0.15) is 0 Å². The summed E-state index contributed by atoms with van der Waals surface area (Å²) < 4.78 is 36.5. The fraction of sp³-hybridized carbons (Fsp3) is 1.00. The van der Waals surface area contributed by atoms with Crippen molar-refractivity contribution in [1.82, 2.24) is 0 Å². The van der Waals surface area contributed by atoms with Gasteiger partial charge in [-0.2, -0.15) is 8.78 Å². The fourth-order valence-corrected chi connectivity index (χ4v) is 0.0958. The third-order valence-corrected chi connectivity index (χ3v) is 0.308. The Hall–Kier alpha value is -0.250. The van der Waals surface area contributed by atoms with Gasteiger partial charge in [0.05, 0.1) is 0 Å². The lowest BCUT2D eigenvalue weighted by Crippen LogP contribution is -2.13. The molecule has 0 saturated carbocycles. The van der Waals surface area contributed by atoms with Crippen LogP contribution < -0.4 is 0 Å². The number of rotatable bonds is 2. The van der Waals surface area contributed by atoms with Gasteiger partial charge in [-0.1, -0.05) is 0 Å². The van der Waals surface area contributed by atoms with Gasteiger partial charge in [-0.3, -0.25) is 4.74 Å². The summed E-state index contributed by atoms with van der Waals surface area (Å²) in [4.78, 5) is 0. The molecule has 4 heteroatoms. The summed E-state index contributed by atoms with van der Waals surface area (Å²) >= 11 is 0. The summed E-state index contributed by atoms with van der Waals surface area (Å²) in [7, 11) is 0. The van der Waals surface area contributed by atoms with Gasteiger partial charge in [0.2, 0.25) is 0 Å². The second kappa shape index (κ2) is 2.16. The van der Waals surface area contributed by atoms with Crippen LogP contribution in [0, 0.1) is 0 Å². The molecule has 0 atom stereocenters. The third kappa shape index (κ3) is 5.75. The van der Waals surface area contributed by atoms with Gasteiger partial charge in [0, 0.05) is 6.92 Å². The average molecular weight is 114 g/mol. The van der Waals surface area contributed by atoms with Crippen LogP contribution in [-0.2, 0) is 4.74 Å². The molecule has 0 aromatic carbocycles. The first-order valence-corrected chi connectivity index (χ1v) is 1.64. The monoisotopic (exact) mass is 114 g/mol. The summed E-state index contributed by atoms with van der Waals surface area (Å²) in [6.07, 6.45) is -3.32. The van der Waals surface area contributed by atoms with E-state index in [-0.39, 0.29) is 0 Å². The largest absolute Gasteiger partial charge is 0.355 e. The van der Waals surface area contributed by atoms with Crippen molar-refractivity contribution >= 4 is 0 Å². The lowest BCUT2D eigenvalue weighted by molar-refractivity contribution is -0.241. The highest BCUT2D eigenvalue weighted by molar-refractivity contribution is 4.32. The molecule has 0 aliphatic rings. The molecule has 0 aromatic rings. The molecule has 44 valence electrons. The standard InChI is InChI=1S/C3H5F3O/c1-3(5,6)7-2-4/h2H2,1H3. The van der Waals surface area contributed by atoms with Gasteiger partial charge in [0.15, 0.2) is 6.86 Å². The van der Waals surface area contributed by atoms with Crippen molar-refractivity contribution in [2.75, 3.05) is 6.86 Å². The van der Waals surface area contributed by atoms with E-state index in [9.17, 15) is 13.2 Å². The molecule has 0 spiro atoms. The predicted octanol–water partition coefficient (Wildman–Crippen LogP) is 1.54. The van der Waals surface area contributed by atoms with Crippen molar-refractivity contribution in [2.45, 2.75) is 13.0 Å². The molecule has 0 aromatic heterocycles. The fourth-order valence-electron chi connectivity index (χ4n) is 0.0958. The Kier molecular flexibility index (Phi) is 2.08. The molecule has 0 aliphatic heterocycles. The minimum Gasteiger partial charge on any atom is -0.289 e. The maximum atomic E-state index is 11.3. The molecule has 0 rings (SSSR count). The van der Waals surface area contributed by atoms with E-state index < -0.39 is 13.0 Å². The lowest BCUT2D eigenvalue weighted by Gasteiger charge is -2.05. The predicted molar refractivity (Wildman–Crippen MR) is 17.7 cm³/mol. The molecule has 0 radical (unpaired) electrons. The van der Waals surface area contributed by atoms with Crippen molar-refractivity contribution in [2.24, 2.45) is 0 Å². The minimum atomic E-state index is -3.32. The SMILES string of the molecule is CC(F)(F)OCF. The van der Waals surface area contributed by atoms with Crippen LogP contribution in [0.15, 0.2) is 0 Å². The van der Waals surface area contributed by atoms with Gasteiger partial charge in [-0.15, -0.1) is 0 Å². The summed E-state index contributed by atoms with van der Waals surface area (Å²) in [5.74, 6) is 0. The molecule has 0 amide bonds. The van der Waals surface area contributed by atoms with E-state index in [0.29, 0.717) is 6.92 Å². The molecule has 0 unspecified atom stereocenters. The highest BCUT2D eigenvalue weighted by Crippen LogP contribution is 2.11. The van der Waals surface area contributed by atoms with Crippen molar-refractivity contribution in [1.29, 1.82) is 0 Å². The van der Waals surface area contributed by atoms with Crippen LogP contribution >= 0.6 is 0 Å². The van der Waals surface area contributed by atoms with Crippen LogP contribution in [0.2, 0.25) is 0 Å². The zero-order valence-corrected chi connectivity index (χ0v) is 3.75. The first-order valence-electron chi connectivity index (χ1n) is 1.64. The molecule has 0 N–H and O–H groups in total. The van der Waals surface area contributed by atoms with Crippen LogP contribution in [0.3, 0.4) is 0 Å². The second-order valence-corrected chi connectivity index (χ2v) is 1.06. The quantitative estimate of drug-likeness (QED) is 0.529. The maximum Gasteiger partial charge on any atom is 0.355 e.